The van der Waals surface area contributed by atoms with Gasteiger partial charge in [0.05, 0.1) is 15.5 Å². The average molecular weight is 465 g/mol. The van der Waals surface area contributed by atoms with E-state index in [1.807, 2.05) is 0 Å². The maximum absolute atomic E-state index is 13.1. The van der Waals surface area contributed by atoms with Crippen LogP contribution in [0.4, 0.5) is 13.2 Å². The first kappa shape index (κ1) is 22.6. The Bertz CT molecular complexity index is 1110. The monoisotopic (exact) mass is 464 g/mol. The average Bonchev–Trinajstić information content (AvgIpc) is 2.65. The van der Waals surface area contributed by atoms with E-state index in [0.29, 0.717) is 24.7 Å². The second kappa shape index (κ2) is 8.24. The zero-order valence-corrected chi connectivity index (χ0v) is 17.8. The minimum Gasteiger partial charge on any atom is -0.490 e. The number of benzene rings is 1. The molecule has 1 saturated heterocycles. The van der Waals surface area contributed by atoms with Crippen LogP contribution in [0.1, 0.15) is 24.1 Å². The van der Waals surface area contributed by atoms with Gasteiger partial charge in [0, 0.05) is 31.9 Å². The molecule has 0 unspecified atom stereocenters. The van der Waals surface area contributed by atoms with E-state index in [9.17, 15) is 26.4 Å². The van der Waals surface area contributed by atoms with Crippen LogP contribution in [-0.4, -0.2) is 36.5 Å². The Kier molecular flexibility index (Phi) is 6.22. The van der Waals surface area contributed by atoms with Gasteiger partial charge >= 0.3 is 6.18 Å². The molecule has 0 radical (unpaired) electrons. The summed E-state index contributed by atoms with van der Waals surface area (Å²) in [6.07, 6.45) is -4.38. The molecule has 1 aromatic heterocycles. The second-order valence-corrected chi connectivity index (χ2v) is 9.44. The second-order valence-electron chi connectivity index (χ2n) is 7.09. The van der Waals surface area contributed by atoms with Crippen molar-refractivity contribution < 1.29 is 26.3 Å². The largest absolute Gasteiger partial charge is 0.490 e. The predicted molar refractivity (Wildman–Crippen MR) is 105 cm³/mol. The number of hydrogen-bond acceptors (Lipinski definition) is 4. The van der Waals surface area contributed by atoms with Gasteiger partial charge in [-0.15, -0.1) is 0 Å². The molecular weight excluding hydrogens is 445 g/mol. The molecule has 1 aliphatic heterocycles. The first-order valence-electron chi connectivity index (χ1n) is 9.11. The highest BCUT2D eigenvalue weighted by atomic mass is 35.5. The van der Waals surface area contributed by atoms with Crippen molar-refractivity contribution in [2.24, 2.45) is 7.05 Å². The van der Waals surface area contributed by atoms with Gasteiger partial charge in [0.15, 0.2) is 0 Å². The van der Waals surface area contributed by atoms with E-state index >= 15 is 0 Å². The third-order valence-corrected chi connectivity index (χ3v) is 7.29. The van der Waals surface area contributed by atoms with Gasteiger partial charge in [-0.1, -0.05) is 11.6 Å². The molecule has 0 bridgehead atoms. The molecule has 0 atom stereocenters. The number of aryl methyl sites for hydroxylation is 1. The van der Waals surface area contributed by atoms with Crippen LogP contribution in [0, 0.1) is 6.92 Å². The third-order valence-electron chi connectivity index (χ3n) is 5.06. The van der Waals surface area contributed by atoms with Gasteiger partial charge in [-0.25, -0.2) is 8.42 Å². The van der Waals surface area contributed by atoms with E-state index in [-0.39, 0.29) is 24.8 Å². The molecule has 2 heterocycles. The summed E-state index contributed by atoms with van der Waals surface area (Å²) in [5.41, 5.74) is -0.682. The lowest BCUT2D eigenvalue weighted by Gasteiger charge is -2.31. The van der Waals surface area contributed by atoms with Crippen molar-refractivity contribution in [3.8, 4) is 5.75 Å². The molecule has 30 heavy (non-hydrogen) atoms. The first-order valence-corrected chi connectivity index (χ1v) is 10.9. The zero-order chi connectivity index (χ0) is 22.3. The molecular formula is C19H20ClF3N2O4S. The van der Waals surface area contributed by atoms with Crippen LogP contribution in [0.15, 0.2) is 40.0 Å². The third kappa shape index (κ3) is 4.65. The lowest BCUT2D eigenvalue weighted by Crippen LogP contribution is -2.41. The Labute approximate surface area is 176 Å². The van der Waals surface area contributed by atoms with Gasteiger partial charge in [0.25, 0.3) is 5.56 Å². The molecule has 3 rings (SSSR count). The van der Waals surface area contributed by atoms with Crippen molar-refractivity contribution >= 4 is 21.6 Å². The number of hydrogen-bond donors (Lipinski definition) is 0. The van der Waals surface area contributed by atoms with Crippen LogP contribution >= 0.6 is 11.6 Å². The molecule has 1 fully saturated rings. The lowest BCUT2D eigenvalue weighted by atomic mass is 10.1. The van der Waals surface area contributed by atoms with E-state index < -0.39 is 31.7 Å². The minimum atomic E-state index is -4.76. The Morgan fingerprint density at radius 1 is 1.13 bits per heavy atom. The highest BCUT2D eigenvalue weighted by Crippen LogP contribution is 2.36. The molecule has 1 aliphatic rings. The van der Waals surface area contributed by atoms with Gasteiger partial charge in [0.2, 0.25) is 10.0 Å². The summed E-state index contributed by atoms with van der Waals surface area (Å²) in [4.78, 5) is 11.4. The Balaban J connectivity index is 1.72. The summed E-state index contributed by atoms with van der Waals surface area (Å²) < 4.78 is 73.2. The molecule has 0 N–H and O–H groups in total. The predicted octanol–water partition coefficient (Wildman–Crippen LogP) is 3.60. The van der Waals surface area contributed by atoms with Crippen LogP contribution in [0.5, 0.6) is 5.75 Å². The van der Waals surface area contributed by atoms with E-state index in [2.05, 4.69) is 0 Å². The number of aromatic nitrogens is 1. The summed E-state index contributed by atoms with van der Waals surface area (Å²) in [6, 6.07) is 5.64. The molecule has 1 aromatic carbocycles. The standard InChI is InChI=1S/C19H20ClF3N2O4S/c1-12-9-14(10-18(26)24(12)2)29-13-5-7-25(8-6-13)30(27,28)15-3-4-17(20)16(11-15)19(21,22)23/h3-4,9-11,13H,5-8H2,1-2H3. The van der Waals surface area contributed by atoms with Crippen molar-refractivity contribution in [3.63, 3.8) is 0 Å². The highest BCUT2D eigenvalue weighted by molar-refractivity contribution is 7.89. The fourth-order valence-electron chi connectivity index (χ4n) is 3.22. The number of rotatable bonds is 4. The topological polar surface area (TPSA) is 68.6 Å². The van der Waals surface area contributed by atoms with Gasteiger partial charge < -0.3 is 9.30 Å². The van der Waals surface area contributed by atoms with E-state index in [1.165, 1.54) is 10.6 Å². The summed E-state index contributed by atoms with van der Waals surface area (Å²) in [7, 11) is -2.47. The fraction of sp³-hybridized carbons (Fsp3) is 0.421. The number of alkyl halides is 3. The van der Waals surface area contributed by atoms with Crippen LogP contribution in [0.25, 0.3) is 0 Å². The van der Waals surface area contributed by atoms with E-state index in [1.54, 1.807) is 20.0 Å². The maximum atomic E-state index is 13.1. The Hall–Kier alpha value is -2.04. The number of sulfonamides is 1. The normalized spacial score (nSPS) is 16.6. The molecule has 2 aromatic rings. The van der Waals surface area contributed by atoms with Crippen molar-refractivity contribution in [1.82, 2.24) is 8.87 Å². The molecule has 0 saturated carbocycles. The Morgan fingerprint density at radius 2 is 1.77 bits per heavy atom. The molecule has 164 valence electrons. The van der Waals surface area contributed by atoms with Crippen molar-refractivity contribution in [1.29, 1.82) is 0 Å². The number of piperidine rings is 1. The van der Waals surface area contributed by atoms with E-state index in [0.717, 1.165) is 22.1 Å². The van der Waals surface area contributed by atoms with Crippen LogP contribution in [0.2, 0.25) is 5.02 Å². The van der Waals surface area contributed by atoms with Crippen LogP contribution in [0.3, 0.4) is 0 Å². The smallest absolute Gasteiger partial charge is 0.417 e. The number of ether oxygens (including phenoxy) is 1. The minimum absolute atomic E-state index is 0.0841. The summed E-state index contributed by atoms with van der Waals surface area (Å²) in [6.45, 7) is 1.94. The number of halogens is 4. The fourth-order valence-corrected chi connectivity index (χ4v) is 4.94. The maximum Gasteiger partial charge on any atom is 0.417 e. The van der Waals surface area contributed by atoms with E-state index in [4.69, 9.17) is 16.3 Å². The summed E-state index contributed by atoms with van der Waals surface area (Å²) in [5, 5.41) is -0.558. The molecule has 6 nitrogen and oxygen atoms in total. The summed E-state index contributed by atoms with van der Waals surface area (Å²) >= 11 is 5.58. The number of pyridine rings is 1. The molecule has 11 heteroatoms. The Morgan fingerprint density at radius 3 is 2.33 bits per heavy atom. The van der Waals surface area contributed by atoms with Crippen molar-refractivity contribution in [2.75, 3.05) is 13.1 Å². The molecule has 0 amide bonds. The summed E-state index contributed by atoms with van der Waals surface area (Å²) in [5.74, 6) is 0.407. The van der Waals surface area contributed by atoms with Gasteiger partial charge in [-0.3, -0.25) is 4.79 Å². The van der Waals surface area contributed by atoms with Gasteiger partial charge in [-0.05, 0) is 44.0 Å². The number of nitrogens with zero attached hydrogens (tertiary/aromatic N) is 2. The highest BCUT2D eigenvalue weighted by Gasteiger charge is 2.36. The van der Waals surface area contributed by atoms with Crippen molar-refractivity contribution in [2.45, 2.75) is 36.9 Å². The van der Waals surface area contributed by atoms with Crippen LogP contribution < -0.4 is 10.3 Å². The van der Waals surface area contributed by atoms with Gasteiger partial charge in [0.1, 0.15) is 11.9 Å². The first-order chi connectivity index (χ1) is 13.9. The van der Waals surface area contributed by atoms with Crippen LogP contribution in [-0.2, 0) is 23.2 Å². The van der Waals surface area contributed by atoms with Crippen molar-refractivity contribution in [3.05, 3.63) is 57.0 Å². The molecule has 0 aliphatic carbocycles. The SMILES string of the molecule is Cc1cc(OC2CCN(S(=O)(=O)c3ccc(Cl)c(C(F)(F)F)c3)CC2)cc(=O)n1C. The lowest BCUT2D eigenvalue weighted by molar-refractivity contribution is -0.137. The zero-order valence-electron chi connectivity index (χ0n) is 16.2. The molecule has 0 spiro atoms. The van der Waals surface area contributed by atoms with Gasteiger partial charge in [-0.2, -0.15) is 17.5 Å². The quantitative estimate of drug-likeness (QED) is 0.693.